The number of hydrogen-bond acceptors (Lipinski definition) is 5. The molecule has 2 atom stereocenters. The van der Waals surface area contributed by atoms with E-state index in [4.69, 9.17) is 20.8 Å². The molecule has 0 saturated carbocycles. The number of halogens is 1. The summed E-state index contributed by atoms with van der Waals surface area (Å²) in [6.45, 7) is 3.42. The van der Waals surface area contributed by atoms with Crippen LogP contribution in [0, 0.1) is 12.8 Å². The van der Waals surface area contributed by atoms with Gasteiger partial charge in [-0.1, -0.05) is 17.7 Å². The molecule has 0 N–H and O–H groups in total. The van der Waals surface area contributed by atoms with E-state index >= 15 is 0 Å². The molecule has 0 unspecified atom stereocenters. The van der Waals surface area contributed by atoms with Crippen molar-refractivity contribution in [1.82, 2.24) is 9.47 Å². The highest BCUT2D eigenvalue weighted by Crippen LogP contribution is 2.35. The van der Waals surface area contributed by atoms with Crippen LogP contribution < -0.4 is 15.9 Å². The largest absolute Gasteiger partial charge is 0.482 e. The van der Waals surface area contributed by atoms with Crippen LogP contribution in [0.25, 0.3) is 11.0 Å². The van der Waals surface area contributed by atoms with Crippen LogP contribution in [0.5, 0.6) is 5.75 Å². The summed E-state index contributed by atoms with van der Waals surface area (Å²) in [6.07, 6.45) is 0.975. The highest BCUT2D eigenvalue weighted by Gasteiger charge is 2.36. The van der Waals surface area contributed by atoms with Crippen LogP contribution in [-0.2, 0) is 11.3 Å². The molecule has 0 spiro atoms. The molecule has 31 heavy (non-hydrogen) atoms. The number of fused-ring (bicyclic) bond motifs is 5. The Morgan fingerprint density at radius 1 is 1.19 bits per heavy atom. The van der Waals surface area contributed by atoms with Crippen molar-refractivity contribution in [3.05, 3.63) is 73.5 Å². The molecular weight excluding hydrogens is 420 g/mol. The van der Waals surface area contributed by atoms with Gasteiger partial charge >= 0.3 is 5.63 Å². The Labute approximate surface area is 182 Å². The zero-order valence-electron chi connectivity index (χ0n) is 17.0. The van der Waals surface area contributed by atoms with Crippen molar-refractivity contribution >= 4 is 28.5 Å². The lowest BCUT2D eigenvalue weighted by Gasteiger charge is -2.42. The van der Waals surface area contributed by atoms with Gasteiger partial charge in [0.2, 0.25) is 0 Å². The Morgan fingerprint density at radius 2 is 2.03 bits per heavy atom. The molecule has 1 amide bonds. The Hall–Kier alpha value is -3.06. The summed E-state index contributed by atoms with van der Waals surface area (Å²) in [5.41, 5.74) is 1.68. The topological polar surface area (TPSA) is 81.8 Å². The van der Waals surface area contributed by atoms with Gasteiger partial charge in [0.25, 0.3) is 11.5 Å². The number of aryl methyl sites for hydroxylation is 1. The smallest absolute Gasteiger partial charge is 0.336 e. The number of amides is 1. The van der Waals surface area contributed by atoms with E-state index < -0.39 is 5.63 Å². The summed E-state index contributed by atoms with van der Waals surface area (Å²) in [7, 11) is 0. The second kappa shape index (κ2) is 7.57. The van der Waals surface area contributed by atoms with Crippen molar-refractivity contribution < 1.29 is 13.9 Å². The van der Waals surface area contributed by atoms with E-state index in [0.29, 0.717) is 36.0 Å². The van der Waals surface area contributed by atoms with Gasteiger partial charge in [-0.3, -0.25) is 9.59 Å². The van der Waals surface area contributed by atoms with Gasteiger partial charge in [-0.15, -0.1) is 0 Å². The highest BCUT2D eigenvalue weighted by molar-refractivity contribution is 6.32. The average molecular weight is 441 g/mol. The van der Waals surface area contributed by atoms with Crippen molar-refractivity contribution in [3.63, 3.8) is 0 Å². The third kappa shape index (κ3) is 3.63. The van der Waals surface area contributed by atoms with Crippen LogP contribution in [-0.4, -0.2) is 35.1 Å². The first kappa shape index (κ1) is 19.9. The zero-order chi connectivity index (χ0) is 21.7. The summed E-state index contributed by atoms with van der Waals surface area (Å²) in [4.78, 5) is 38.5. The molecule has 1 saturated heterocycles. The van der Waals surface area contributed by atoms with E-state index in [1.807, 2.05) is 10.6 Å². The quantitative estimate of drug-likeness (QED) is 0.585. The number of carbonyl (C=O) groups is 1. The van der Waals surface area contributed by atoms with Gasteiger partial charge in [-0.05, 0) is 37.0 Å². The fourth-order valence-corrected chi connectivity index (χ4v) is 4.98. The molecule has 4 heterocycles. The maximum Gasteiger partial charge on any atom is 0.336 e. The zero-order valence-corrected chi connectivity index (χ0v) is 17.7. The number of pyridine rings is 1. The third-order valence-electron chi connectivity index (χ3n) is 6.19. The fraction of sp³-hybridized carbons (Fsp3) is 0.348. The number of rotatable bonds is 3. The van der Waals surface area contributed by atoms with Gasteiger partial charge in [0.15, 0.2) is 6.61 Å². The predicted octanol–water partition coefficient (Wildman–Crippen LogP) is 2.94. The number of nitrogens with zero attached hydrogens (tertiary/aromatic N) is 2. The predicted molar refractivity (Wildman–Crippen MR) is 116 cm³/mol. The van der Waals surface area contributed by atoms with Crippen molar-refractivity contribution in [2.45, 2.75) is 25.8 Å². The molecule has 160 valence electrons. The molecule has 2 aliphatic heterocycles. The average Bonchev–Trinajstić information content (AvgIpc) is 2.73. The van der Waals surface area contributed by atoms with Crippen LogP contribution in [0.1, 0.15) is 23.6 Å². The molecule has 3 aromatic rings. The molecule has 0 aliphatic carbocycles. The van der Waals surface area contributed by atoms with E-state index in [1.165, 1.54) is 6.07 Å². The van der Waals surface area contributed by atoms with E-state index in [2.05, 4.69) is 0 Å². The van der Waals surface area contributed by atoms with E-state index in [0.717, 1.165) is 23.1 Å². The Morgan fingerprint density at radius 3 is 2.87 bits per heavy atom. The number of carbonyl (C=O) groups excluding carboxylic acids is 1. The van der Waals surface area contributed by atoms with Gasteiger partial charge in [-0.2, -0.15) is 0 Å². The van der Waals surface area contributed by atoms with Crippen molar-refractivity contribution in [3.8, 4) is 5.75 Å². The monoisotopic (exact) mass is 440 g/mol. The molecular formula is C23H21ClN2O5. The first-order chi connectivity index (χ1) is 14.9. The van der Waals surface area contributed by atoms with Crippen LogP contribution in [0.15, 0.2) is 50.4 Å². The number of hydrogen-bond donors (Lipinski definition) is 0. The summed E-state index contributed by atoms with van der Waals surface area (Å²) >= 11 is 6.33. The SMILES string of the molecule is Cc1cc(=O)oc2cc(OCC(=O)N3C[C@@H]4C[C@@H](C3)c3cccc(=O)n3C4)c(Cl)cc12. The molecule has 2 bridgehead atoms. The number of benzene rings is 1. The van der Waals surface area contributed by atoms with Crippen LogP contribution in [0.2, 0.25) is 5.02 Å². The maximum atomic E-state index is 12.9. The minimum absolute atomic E-state index is 0.0168. The molecule has 2 aliphatic rings. The van der Waals surface area contributed by atoms with E-state index in [1.54, 1.807) is 36.1 Å². The first-order valence-corrected chi connectivity index (χ1v) is 10.6. The second-order valence-corrected chi connectivity index (χ2v) is 8.72. The second-order valence-electron chi connectivity index (χ2n) is 8.31. The fourth-order valence-electron chi connectivity index (χ4n) is 4.76. The lowest BCUT2D eigenvalue weighted by atomic mass is 9.83. The summed E-state index contributed by atoms with van der Waals surface area (Å²) in [5, 5.41) is 1.07. The van der Waals surface area contributed by atoms with Crippen LogP contribution >= 0.6 is 11.6 Å². The summed E-state index contributed by atoms with van der Waals surface area (Å²) < 4.78 is 12.8. The lowest BCUT2D eigenvalue weighted by Crippen LogP contribution is -2.50. The molecule has 8 heteroatoms. The van der Waals surface area contributed by atoms with E-state index in [9.17, 15) is 14.4 Å². The standard InChI is InChI=1S/C23H21ClN2O5/c1-13-5-23(29)31-19-8-20(17(24)7-16(13)19)30-12-22(28)25-9-14-6-15(11-25)18-3-2-4-21(27)26(18)10-14/h2-5,7-8,14-15H,6,9-12H2,1H3/t14-,15-/m0/s1. The normalized spacial score (nSPS) is 19.9. The van der Waals surface area contributed by atoms with Crippen molar-refractivity contribution in [1.29, 1.82) is 0 Å². The molecule has 5 rings (SSSR count). The number of likely N-dealkylation sites (tertiary alicyclic amines) is 1. The summed E-state index contributed by atoms with van der Waals surface area (Å²) in [6, 6.07) is 9.96. The van der Waals surface area contributed by atoms with E-state index in [-0.39, 0.29) is 29.9 Å². The van der Waals surface area contributed by atoms with Crippen molar-refractivity contribution in [2.75, 3.05) is 19.7 Å². The minimum Gasteiger partial charge on any atom is -0.482 e. The third-order valence-corrected chi connectivity index (χ3v) is 6.48. The Balaban J connectivity index is 1.32. The van der Waals surface area contributed by atoms with Crippen molar-refractivity contribution in [2.24, 2.45) is 5.92 Å². The maximum absolute atomic E-state index is 12.9. The Bertz CT molecular complexity index is 1310. The highest BCUT2D eigenvalue weighted by atomic mass is 35.5. The lowest BCUT2D eigenvalue weighted by molar-refractivity contribution is -0.136. The molecule has 0 radical (unpaired) electrons. The van der Waals surface area contributed by atoms with Gasteiger partial charge in [0.1, 0.15) is 11.3 Å². The van der Waals surface area contributed by atoms with Gasteiger partial charge < -0.3 is 18.6 Å². The molecule has 1 fully saturated rings. The number of piperidine rings is 1. The number of aromatic nitrogens is 1. The van der Waals surface area contributed by atoms with Gasteiger partial charge in [-0.25, -0.2) is 4.79 Å². The molecule has 7 nitrogen and oxygen atoms in total. The summed E-state index contributed by atoms with van der Waals surface area (Å²) in [5.74, 6) is 0.553. The van der Waals surface area contributed by atoms with Crippen LogP contribution in [0.4, 0.5) is 0 Å². The van der Waals surface area contributed by atoms with Crippen LogP contribution in [0.3, 0.4) is 0 Å². The van der Waals surface area contributed by atoms with Gasteiger partial charge in [0.05, 0.1) is 5.02 Å². The van der Waals surface area contributed by atoms with Gasteiger partial charge in [0, 0.05) is 54.8 Å². The minimum atomic E-state index is -0.450. The molecule has 1 aromatic carbocycles. The first-order valence-electron chi connectivity index (χ1n) is 10.2. The Kier molecular flexibility index (Phi) is 4.85. The molecule has 2 aromatic heterocycles. The number of ether oxygens (including phenoxy) is 1.